The molecule has 0 fully saturated rings. The number of ether oxygens (including phenoxy) is 2. The topological polar surface area (TPSA) is 81.7 Å². The second-order valence-corrected chi connectivity index (χ2v) is 8.94. The Balaban J connectivity index is 1.92. The van der Waals surface area contributed by atoms with Gasteiger partial charge in [-0.15, -0.1) is 11.3 Å². The Hall–Kier alpha value is -2.67. The van der Waals surface area contributed by atoms with Crippen molar-refractivity contribution in [3.63, 3.8) is 0 Å². The molecule has 0 radical (unpaired) electrons. The second-order valence-electron chi connectivity index (χ2n) is 7.84. The summed E-state index contributed by atoms with van der Waals surface area (Å²) in [5, 5.41) is 3.26. The molecule has 1 aliphatic rings. The number of amides is 1. The fourth-order valence-electron chi connectivity index (χ4n) is 3.76. The molecule has 1 aliphatic carbocycles. The Labute approximate surface area is 180 Å². The number of nitrogens with one attached hydrogen (secondary N) is 1. The number of fused-ring (bicyclic) bond motifs is 1. The highest BCUT2D eigenvalue weighted by molar-refractivity contribution is 7.17. The molecule has 2 aromatic rings. The number of hydrogen-bond donors (Lipinski definition) is 1. The Kier molecular flexibility index (Phi) is 6.61. The van der Waals surface area contributed by atoms with Crippen molar-refractivity contribution < 1.29 is 23.9 Å². The highest BCUT2D eigenvalue weighted by Crippen LogP contribution is 2.43. The maximum atomic E-state index is 12.8. The van der Waals surface area contributed by atoms with Gasteiger partial charge in [0.2, 0.25) is 0 Å². The maximum Gasteiger partial charge on any atom is 0.341 e. The van der Waals surface area contributed by atoms with Crippen molar-refractivity contribution in [3.05, 3.63) is 51.9 Å². The third-order valence-corrected chi connectivity index (χ3v) is 6.36. The number of carbonyl (C=O) groups excluding carboxylic acids is 3. The summed E-state index contributed by atoms with van der Waals surface area (Å²) >= 11 is 1.40. The highest BCUT2D eigenvalue weighted by Gasteiger charge is 2.35. The molecule has 0 bridgehead atoms. The molecule has 6 nitrogen and oxygen atoms in total. The van der Waals surface area contributed by atoms with Crippen LogP contribution >= 0.6 is 11.3 Å². The third-order valence-electron chi connectivity index (χ3n) is 5.19. The fourth-order valence-corrected chi connectivity index (χ4v) is 5.07. The van der Waals surface area contributed by atoms with Gasteiger partial charge in [0.25, 0.3) is 5.91 Å². The second kappa shape index (κ2) is 9.00. The van der Waals surface area contributed by atoms with Crippen LogP contribution in [0.1, 0.15) is 66.4 Å². The van der Waals surface area contributed by atoms with Crippen molar-refractivity contribution in [2.75, 3.05) is 11.9 Å². The van der Waals surface area contributed by atoms with Crippen molar-refractivity contribution in [2.24, 2.45) is 0 Å². The number of anilines is 1. The van der Waals surface area contributed by atoms with E-state index < -0.39 is 23.4 Å². The summed E-state index contributed by atoms with van der Waals surface area (Å²) in [5.74, 6) is -1.10. The van der Waals surface area contributed by atoms with Gasteiger partial charge in [-0.05, 0) is 57.1 Å². The minimum absolute atomic E-state index is 0.252. The number of thiophene rings is 1. The van der Waals surface area contributed by atoms with Crippen molar-refractivity contribution in [1.82, 2.24) is 0 Å². The predicted octanol–water partition coefficient (Wildman–Crippen LogP) is 4.48. The molecule has 30 heavy (non-hydrogen) atoms. The molecule has 0 saturated heterocycles. The van der Waals surface area contributed by atoms with Gasteiger partial charge in [0.1, 0.15) is 5.00 Å². The van der Waals surface area contributed by atoms with E-state index in [4.69, 9.17) is 9.47 Å². The van der Waals surface area contributed by atoms with Crippen LogP contribution in [-0.2, 0) is 31.9 Å². The third kappa shape index (κ3) is 4.73. The first kappa shape index (κ1) is 22.0. The van der Waals surface area contributed by atoms with Crippen molar-refractivity contribution in [2.45, 2.75) is 58.5 Å². The summed E-state index contributed by atoms with van der Waals surface area (Å²) in [6, 6.07) is 10.3. The number of rotatable bonds is 6. The van der Waals surface area contributed by atoms with Gasteiger partial charge in [0, 0.05) is 11.8 Å². The van der Waals surface area contributed by atoms with Gasteiger partial charge in [-0.25, -0.2) is 4.79 Å². The van der Waals surface area contributed by atoms with Crippen LogP contribution in [0.5, 0.6) is 0 Å². The van der Waals surface area contributed by atoms with E-state index in [1.54, 1.807) is 6.92 Å². The van der Waals surface area contributed by atoms with E-state index in [1.165, 1.54) is 37.7 Å². The quantitative estimate of drug-likeness (QED) is 0.685. The zero-order chi connectivity index (χ0) is 21.9. The SMILES string of the molecule is CCOC(=O)c1c(NC(=O)C(C)(C)OC(C)=O)sc2c1CC[C@@H](c1ccccc1)C2. The molecule has 160 valence electrons. The fraction of sp³-hybridized carbons (Fsp3) is 0.435. The summed E-state index contributed by atoms with van der Waals surface area (Å²) in [4.78, 5) is 37.9. The number of hydrogen-bond acceptors (Lipinski definition) is 6. The first-order chi connectivity index (χ1) is 14.2. The van der Waals surface area contributed by atoms with Gasteiger partial charge < -0.3 is 14.8 Å². The van der Waals surface area contributed by atoms with E-state index in [1.807, 2.05) is 18.2 Å². The first-order valence-electron chi connectivity index (χ1n) is 10.1. The lowest BCUT2D eigenvalue weighted by molar-refractivity contribution is -0.160. The average molecular weight is 430 g/mol. The largest absolute Gasteiger partial charge is 0.462 e. The van der Waals surface area contributed by atoms with Crippen LogP contribution in [0.4, 0.5) is 5.00 Å². The molecule has 0 spiro atoms. The smallest absolute Gasteiger partial charge is 0.341 e. The minimum Gasteiger partial charge on any atom is -0.462 e. The van der Waals surface area contributed by atoms with Gasteiger partial charge in [-0.3, -0.25) is 9.59 Å². The lowest BCUT2D eigenvalue weighted by Gasteiger charge is -2.23. The molecule has 1 aromatic heterocycles. The standard InChI is InChI=1S/C23H27NO5S/c1-5-28-21(26)19-17-12-11-16(15-9-7-6-8-10-15)13-18(17)30-20(19)24-22(27)23(3,4)29-14(2)25/h6-10,16H,5,11-13H2,1-4H3,(H,24,27)/t16-/m1/s1. The van der Waals surface area contributed by atoms with Crippen molar-refractivity contribution in [1.29, 1.82) is 0 Å². The van der Waals surface area contributed by atoms with Crippen molar-refractivity contribution in [3.8, 4) is 0 Å². The van der Waals surface area contributed by atoms with E-state index in [0.29, 0.717) is 16.5 Å². The van der Waals surface area contributed by atoms with Crippen LogP contribution in [0.15, 0.2) is 30.3 Å². The highest BCUT2D eigenvalue weighted by atomic mass is 32.1. The van der Waals surface area contributed by atoms with Crippen molar-refractivity contribution >= 4 is 34.2 Å². The zero-order valence-electron chi connectivity index (χ0n) is 17.7. The summed E-state index contributed by atoms with van der Waals surface area (Å²) in [5.41, 5.74) is 1.30. The molecule has 0 saturated carbocycles. The Morgan fingerprint density at radius 3 is 2.53 bits per heavy atom. The molecule has 3 rings (SSSR count). The molecular formula is C23H27NO5S. The number of benzene rings is 1. The predicted molar refractivity (Wildman–Crippen MR) is 116 cm³/mol. The lowest BCUT2D eigenvalue weighted by Crippen LogP contribution is -2.41. The van der Waals surface area contributed by atoms with Gasteiger partial charge in [0.15, 0.2) is 5.60 Å². The van der Waals surface area contributed by atoms with Crippen LogP contribution in [0, 0.1) is 0 Å². The van der Waals surface area contributed by atoms with E-state index in [-0.39, 0.29) is 6.61 Å². The van der Waals surface area contributed by atoms with E-state index >= 15 is 0 Å². The molecule has 1 amide bonds. The van der Waals surface area contributed by atoms with E-state index in [0.717, 1.165) is 29.7 Å². The number of carbonyl (C=O) groups is 3. The van der Waals surface area contributed by atoms with Crippen LogP contribution in [0.3, 0.4) is 0 Å². The summed E-state index contributed by atoms with van der Waals surface area (Å²) in [6.45, 7) is 6.30. The van der Waals surface area contributed by atoms with Crippen LogP contribution in [0.2, 0.25) is 0 Å². The van der Waals surface area contributed by atoms with E-state index in [2.05, 4.69) is 17.4 Å². The molecule has 7 heteroatoms. The minimum atomic E-state index is -1.35. The molecule has 1 heterocycles. The maximum absolute atomic E-state index is 12.8. The van der Waals surface area contributed by atoms with Crippen LogP contribution < -0.4 is 5.32 Å². The monoisotopic (exact) mass is 429 g/mol. The van der Waals surface area contributed by atoms with Crippen LogP contribution in [-0.4, -0.2) is 30.1 Å². The Morgan fingerprint density at radius 1 is 1.20 bits per heavy atom. The first-order valence-corrected chi connectivity index (χ1v) is 10.9. The molecule has 0 unspecified atom stereocenters. The van der Waals surface area contributed by atoms with Gasteiger partial charge >= 0.3 is 11.9 Å². The average Bonchev–Trinajstić information content (AvgIpc) is 3.04. The molecule has 1 N–H and O–H groups in total. The molecular weight excluding hydrogens is 402 g/mol. The Bertz CT molecular complexity index is 948. The summed E-state index contributed by atoms with van der Waals surface area (Å²) in [7, 11) is 0. The van der Waals surface area contributed by atoms with Gasteiger partial charge in [0.05, 0.1) is 12.2 Å². The van der Waals surface area contributed by atoms with Gasteiger partial charge in [-0.1, -0.05) is 30.3 Å². The summed E-state index contributed by atoms with van der Waals surface area (Å²) < 4.78 is 10.4. The Morgan fingerprint density at radius 2 is 1.90 bits per heavy atom. The van der Waals surface area contributed by atoms with Crippen LogP contribution in [0.25, 0.3) is 0 Å². The normalized spacial score (nSPS) is 15.8. The lowest BCUT2D eigenvalue weighted by atomic mass is 9.83. The molecule has 1 atom stereocenters. The molecule has 0 aliphatic heterocycles. The summed E-state index contributed by atoms with van der Waals surface area (Å²) in [6.07, 6.45) is 2.47. The van der Waals surface area contributed by atoms with E-state index in [9.17, 15) is 14.4 Å². The number of esters is 2. The van der Waals surface area contributed by atoms with Gasteiger partial charge in [-0.2, -0.15) is 0 Å². The molecule has 1 aromatic carbocycles. The zero-order valence-corrected chi connectivity index (χ0v) is 18.6.